The van der Waals surface area contributed by atoms with Gasteiger partial charge in [-0.15, -0.1) is 0 Å². The van der Waals surface area contributed by atoms with Crippen LogP contribution in [-0.4, -0.2) is 14.8 Å². The molecule has 2 aromatic rings. The molecule has 0 saturated heterocycles. The normalized spacial score (nSPS) is 10.7. The van der Waals surface area contributed by atoms with Crippen LogP contribution in [0.3, 0.4) is 0 Å². The molecule has 2 rings (SSSR count). The van der Waals surface area contributed by atoms with Crippen LogP contribution in [0.25, 0.3) is 0 Å². The van der Waals surface area contributed by atoms with E-state index < -0.39 is 0 Å². The first-order chi connectivity index (χ1) is 9.11. The Morgan fingerprint density at radius 2 is 2.26 bits per heavy atom. The first kappa shape index (κ1) is 13.8. The molecule has 19 heavy (non-hydrogen) atoms. The van der Waals surface area contributed by atoms with Gasteiger partial charge < -0.3 is 9.73 Å². The largest absolute Gasteiger partial charge is 0.444 e. The third kappa shape index (κ3) is 3.23. The van der Waals surface area contributed by atoms with Crippen LogP contribution in [0.5, 0.6) is 0 Å². The molecule has 0 radical (unpaired) electrons. The second-order valence-corrected chi connectivity index (χ2v) is 4.91. The van der Waals surface area contributed by atoms with Gasteiger partial charge in [-0.2, -0.15) is 5.10 Å². The summed E-state index contributed by atoms with van der Waals surface area (Å²) in [5.74, 6) is 1.33. The molecule has 0 amide bonds. The highest BCUT2D eigenvalue weighted by Crippen LogP contribution is 2.17. The van der Waals surface area contributed by atoms with Crippen molar-refractivity contribution in [2.24, 2.45) is 0 Å². The highest BCUT2D eigenvalue weighted by molar-refractivity contribution is 9.10. The number of nitrogens with zero attached hydrogens (tertiary/aromatic N) is 3. The number of anilines is 1. The smallest absolute Gasteiger partial charge is 0.283 e. The van der Waals surface area contributed by atoms with Crippen LogP contribution >= 0.6 is 15.9 Å². The van der Waals surface area contributed by atoms with Gasteiger partial charge in [0.25, 0.3) is 5.56 Å². The highest BCUT2D eigenvalue weighted by atomic mass is 79.9. The van der Waals surface area contributed by atoms with Crippen molar-refractivity contribution in [3.63, 3.8) is 0 Å². The summed E-state index contributed by atoms with van der Waals surface area (Å²) in [5.41, 5.74) is 0.489. The minimum Gasteiger partial charge on any atom is -0.444 e. The summed E-state index contributed by atoms with van der Waals surface area (Å²) >= 11 is 3.29. The molecule has 0 atom stereocenters. The quantitative estimate of drug-likeness (QED) is 0.912. The predicted molar refractivity (Wildman–Crippen MR) is 75.1 cm³/mol. The molecule has 0 aliphatic rings. The van der Waals surface area contributed by atoms with Gasteiger partial charge in [0.15, 0.2) is 0 Å². The molecule has 0 saturated carbocycles. The fourth-order valence-corrected chi connectivity index (χ4v) is 2.06. The highest BCUT2D eigenvalue weighted by Gasteiger charge is 2.09. The number of hydrogen-bond donors (Lipinski definition) is 1. The molecule has 0 bridgehead atoms. The molecule has 0 fully saturated rings. The van der Waals surface area contributed by atoms with Crippen LogP contribution in [0.2, 0.25) is 0 Å². The maximum atomic E-state index is 12.0. The lowest BCUT2D eigenvalue weighted by atomic mass is 10.4. The molecule has 1 N–H and O–H groups in total. The summed E-state index contributed by atoms with van der Waals surface area (Å²) in [7, 11) is 0. The van der Waals surface area contributed by atoms with Gasteiger partial charge >= 0.3 is 0 Å². The third-order valence-electron chi connectivity index (χ3n) is 2.52. The van der Waals surface area contributed by atoms with E-state index in [0.717, 1.165) is 12.2 Å². The molecule has 0 aliphatic heterocycles. The summed E-state index contributed by atoms with van der Waals surface area (Å²) in [5, 5.41) is 7.18. The number of hydrogen-bond acceptors (Lipinski definition) is 5. The Morgan fingerprint density at radius 1 is 1.47 bits per heavy atom. The zero-order valence-electron chi connectivity index (χ0n) is 10.8. The lowest BCUT2D eigenvalue weighted by molar-refractivity contribution is 0.479. The van der Waals surface area contributed by atoms with Crippen molar-refractivity contribution < 1.29 is 4.42 Å². The monoisotopic (exact) mass is 326 g/mol. The van der Waals surface area contributed by atoms with Gasteiger partial charge in [-0.05, 0) is 29.3 Å². The van der Waals surface area contributed by atoms with Gasteiger partial charge in [-0.1, -0.05) is 6.92 Å². The van der Waals surface area contributed by atoms with E-state index in [1.165, 1.54) is 4.68 Å². The van der Waals surface area contributed by atoms with Crippen LogP contribution in [0.4, 0.5) is 5.69 Å². The molecule has 0 aromatic carbocycles. The molecule has 7 heteroatoms. The first-order valence-electron chi connectivity index (χ1n) is 6.02. The zero-order valence-corrected chi connectivity index (χ0v) is 12.4. The summed E-state index contributed by atoms with van der Waals surface area (Å²) in [6.07, 6.45) is 4.14. The Balaban J connectivity index is 2.13. The molecule has 6 nitrogen and oxygen atoms in total. The molecule has 2 aromatic heterocycles. The Bertz CT molecular complexity index is 620. The first-order valence-corrected chi connectivity index (χ1v) is 6.82. The van der Waals surface area contributed by atoms with Gasteiger partial charge in [0.2, 0.25) is 5.89 Å². The van der Waals surface area contributed by atoms with E-state index in [0.29, 0.717) is 29.1 Å². The van der Waals surface area contributed by atoms with Gasteiger partial charge in [0.1, 0.15) is 10.2 Å². The molecule has 0 unspecified atom stereocenters. The molecular formula is C12H15BrN4O2. The minimum atomic E-state index is -0.143. The predicted octanol–water partition coefficient (Wildman–Crippen LogP) is 2.32. The van der Waals surface area contributed by atoms with E-state index in [2.05, 4.69) is 31.3 Å². The fourth-order valence-electron chi connectivity index (χ4n) is 1.61. The average molecular weight is 327 g/mol. The molecule has 2 heterocycles. The maximum Gasteiger partial charge on any atom is 0.283 e. The van der Waals surface area contributed by atoms with E-state index in [1.807, 2.05) is 13.8 Å². The lowest BCUT2D eigenvalue weighted by Crippen LogP contribution is -2.24. The number of rotatable bonds is 5. The van der Waals surface area contributed by atoms with Crippen LogP contribution < -0.4 is 10.9 Å². The van der Waals surface area contributed by atoms with Crippen molar-refractivity contribution in [1.29, 1.82) is 0 Å². The average Bonchev–Trinajstić information content (AvgIpc) is 2.80. The van der Waals surface area contributed by atoms with Crippen molar-refractivity contribution in [3.05, 3.63) is 38.9 Å². The molecule has 0 spiro atoms. The van der Waals surface area contributed by atoms with E-state index in [9.17, 15) is 4.79 Å². The molecule has 0 aliphatic carbocycles. The SMILES string of the molecule is CCCn1ncc(NCc2ncc(C)o2)c(Br)c1=O. The van der Waals surface area contributed by atoms with Gasteiger partial charge in [0, 0.05) is 6.54 Å². The number of halogens is 1. The van der Waals surface area contributed by atoms with Crippen LogP contribution in [0.1, 0.15) is 25.0 Å². The summed E-state index contributed by atoms with van der Waals surface area (Å²) in [6.45, 7) is 4.85. The topological polar surface area (TPSA) is 73.0 Å². The van der Waals surface area contributed by atoms with Crippen LogP contribution in [-0.2, 0) is 13.1 Å². The Kier molecular flexibility index (Phi) is 4.36. The van der Waals surface area contributed by atoms with Crippen molar-refractivity contribution in [1.82, 2.24) is 14.8 Å². The van der Waals surface area contributed by atoms with E-state index in [-0.39, 0.29) is 5.56 Å². The van der Waals surface area contributed by atoms with E-state index in [1.54, 1.807) is 12.4 Å². The molecular weight excluding hydrogens is 312 g/mol. The number of aromatic nitrogens is 3. The van der Waals surface area contributed by atoms with Crippen LogP contribution in [0.15, 0.2) is 26.1 Å². The van der Waals surface area contributed by atoms with Crippen molar-refractivity contribution >= 4 is 21.6 Å². The summed E-state index contributed by atoms with van der Waals surface area (Å²) < 4.78 is 7.25. The van der Waals surface area contributed by atoms with Crippen molar-refractivity contribution in [2.45, 2.75) is 33.4 Å². The Hall–Kier alpha value is -1.63. The van der Waals surface area contributed by atoms with Crippen molar-refractivity contribution in [3.8, 4) is 0 Å². The minimum absolute atomic E-state index is 0.143. The maximum absolute atomic E-state index is 12.0. The second kappa shape index (κ2) is 6.01. The van der Waals surface area contributed by atoms with Gasteiger partial charge in [0.05, 0.1) is 24.6 Å². The number of nitrogens with one attached hydrogen (secondary N) is 1. The zero-order chi connectivity index (χ0) is 13.8. The molecule has 102 valence electrons. The second-order valence-electron chi connectivity index (χ2n) is 4.12. The van der Waals surface area contributed by atoms with Crippen LogP contribution in [0, 0.1) is 6.92 Å². The lowest BCUT2D eigenvalue weighted by Gasteiger charge is -2.08. The Labute approximate surface area is 119 Å². The Morgan fingerprint density at radius 3 is 2.89 bits per heavy atom. The van der Waals surface area contributed by atoms with Crippen molar-refractivity contribution in [2.75, 3.05) is 5.32 Å². The standard InChI is InChI=1S/C12H15BrN4O2/c1-3-4-17-12(18)11(13)9(6-16-17)14-7-10-15-5-8(2)19-10/h5-6,14H,3-4,7H2,1-2H3. The summed E-state index contributed by atoms with van der Waals surface area (Å²) in [6, 6.07) is 0. The van der Waals surface area contributed by atoms with E-state index in [4.69, 9.17) is 4.42 Å². The van der Waals surface area contributed by atoms with E-state index >= 15 is 0 Å². The number of aryl methyl sites for hydroxylation is 2. The van der Waals surface area contributed by atoms with Gasteiger partial charge in [-0.3, -0.25) is 4.79 Å². The third-order valence-corrected chi connectivity index (χ3v) is 3.29. The summed E-state index contributed by atoms with van der Waals surface area (Å²) in [4.78, 5) is 16.1. The number of oxazole rings is 1. The van der Waals surface area contributed by atoms with Gasteiger partial charge in [-0.25, -0.2) is 9.67 Å². The fraction of sp³-hybridized carbons (Fsp3) is 0.417.